The fourth-order valence-corrected chi connectivity index (χ4v) is 3.74. The lowest BCUT2D eigenvalue weighted by Crippen LogP contribution is -2.46. The van der Waals surface area contributed by atoms with Crippen molar-refractivity contribution in [2.75, 3.05) is 33.4 Å². The van der Waals surface area contributed by atoms with E-state index in [1.807, 2.05) is 18.2 Å². The van der Waals surface area contributed by atoms with Crippen LogP contribution in [0.2, 0.25) is 0 Å². The summed E-state index contributed by atoms with van der Waals surface area (Å²) in [5.41, 5.74) is 6.86. The van der Waals surface area contributed by atoms with Gasteiger partial charge in [-0.1, -0.05) is 39.8 Å². The number of rotatable bonds is 18. The molecule has 1 amide bonds. The number of benzene rings is 1. The number of halogens is 2. The highest BCUT2D eigenvalue weighted by Crippen LogP contribution is 2.20. The molecule has 35 heavy (non-hydrogen) atoms. The molecule has 0 aliphatic carbocycles. The van der Waals surface area contributed by atoms with E-state index < -0.39 is 6.10 Å². The van der Waals surface area contributed by atoms with Crippen molar-refractivity contribution in [3.05, 3.63) is 29.8 Å². The summed E-state index contributed by atoms with van der Waals surface area (Å²) in [6.07, 6.45) is 3.86. The van der Waals surface area contributed by atoms with Crippen molar-refractivity contribution in [1.82, 2.24) is 10.6 Å². The van der Waals surface area contributed by atoms with Gasteiger partial charge in [-0.05, 0) is 56.1 Å². The predicted molar refractivity (Wildman–Crippen MR) is 149 cm³/mol. The SMILES string of the molecule is CCC(CC)NCC(O)C(N)CC(CNC(=O)c1ccccc1OCCCCOC)C(C)C.Cl.Cl. The number of aliphatic hydroxyl groups excluding tert-OH is 1. The minimum atomic E-state index is -0.616. The molecule has 0 spiro atoms. The fourth-order valence-electron chi connectivity index (χ4n) is 3.74. The molecule has 0 bridgehead atoms. The highest BCUT2D eigenvalue weighted by Gasteiger charge is 2.24. The van der Waals surface area contributed by atoms with Crippen LogP contribution in [0.3, 0.4) is 0 Å². The molecular weight excluding hydrogens is 489 g/mol. The van der Waals surface area contributed by atoms with Crippen LogP contribution >= 0.6 is 24.8 Å². The van der Waals surface area contributed by atoms with Crippen LogP contribution < -0.4 is 21.1 Å². The summed E-state index contributed by atoms with van der Waals surface area (Å²) in [6, 6.07) is 7.36. The zero-order chi connectivity index (χ0) is 24.6. The van der Waals surface area contributed by atoms with Gasteiger partial charge < -0.3 is 30.9 Å². The van der Waals surface area contributed by atoms with Crippen LogP contribution in [0.5, 0.6) is 5.75 Å². The monoisotopic (exact) mass is 537 g/mol. The van der Waals surface area contributed by atoms with Gasteiger partial charge in [-0.2, -0.15) is 0 Å². The molecule has 3 atom stereocenters. The van der Waals surface area contributed by atoms with Gasteiger partial charge >= 0.3 is 0 Å². The van der Waals surface area contributed by atoms with Crippen molar-refractivity contribution in [2.24, 2.45) is 17.6 Å². The van der Waals surface area contributed by atoms with E-state index in [0.717, 1.165) is 25.7 Å². The Morgan fingerprint density at radius 1 is 1.06 bits per heavy atom. The Morgan fingerprint density at radius 3 is 2.29 bits per heavy atom. The van der Waals surface area contributed by atoms with E-state index in [2.05, 4.69) is 38.3 Å². The topological polar surface area (TPSA) is 106 Å². The first-order valence-corrected chi connectivity index (χ1v) is 12.5. The zero-order valence-electron chi connectivity index (χ0n) is 22.1. The number of aliphatic hydroxyl groups is 1. The molecule has 9 heteroatoms. The van der Waals surface area contributed by atoms with Gasteiger partial charge in [0, 0.05) is 38.9 Å². The molecule has 0 heterocycles. The van der Waals surface area contributed by atoms with Gasteiger partial charge in [0.15, 0.2) is 0 Å². The molecule has 5 N–H and O–H groups in total. The summed E-state index contributed by atoms with van der Waals surface area (Å²) in [7, 11) is 1.68. The smallest absolute Gasteiger partial charge is 0.255 e. The number of methoxy groups -OCH3 is 1. The maximum absolute atomic E-state index is 12.9. The van der Waals surface area contributed by atoms with Gasteiger partial charge in [0.1, 0.15) is 5.75 Å². The van der Waals surface area contributed by atoms with Crippen molar-refractivity contribution < 1.29 is 19.4 Å². The van der Waals surface area contributed by atoms with Crippen LogP contribution in [0.1, 0.15) is 70.2 Å². The molecule has 0 aromatic heterocycles. The highest BCUT2D eigenvalue weighted by molar-refractivity contribution is 5.96. The van der Waals surface area contributed by atoms with Crippen LogP contribution in [0.15, 0.2) is 24.3 Å². The van der Waals surface area contributed by atoms with E-state index in [-0.39, 0.29) is 42.7 Å². The second-order valence-electron chi connectivity index (χ2n) is 9.15. The minimum absolute atomic E-state index is 0. The van der Waals surface area contributed by atoms with E-state index in [4.69, 9.17) is 15.2 Å². The Morgan fingerprint density at radius 2 is 1.69 bits per heavy atom. The largest absolute Gasteiger partial charge is 0.493 e. The molecule has 7 nitrogen and oxygen atoms in total. The maximum Gasteiger partial charge on any atom is 0.255 e. The number of hydrogen-bond acceptors (Lipinski definition) is 6. The lowest BCUT2D eigenvalue weighted by atomic mass is 9.87. The van der Waals surface area contributed by atoms with E-state index >= 15 is 0 Å². The fraction of sp³-hybridized carbons (Fsp3) is 0.731. The van der Waals surface area contributed by atoms with Crippen LogP contribution in [-0.2, 0) is 4.74 Å². The van der Waals surface area contributed by atoms with Gasteiger partial charge in [-0.3, -0.25) is 4.79 Å². The second kappa shape index (κ2) is 21.0. The van der Waals surface area contributed by atoms with Gasteiger partial charge in [0.25, 0.3) is 5.91 Å². The number of carbonyl (C=O) groups is 1. The van der Waals surface area contributed by atoms with Crippen LogP contribution in [0.25, 0.3) is 0 Å². The van der Waals surface area contributed by atoms with Crippen molar-refractivity contribution in [2.45, 2.75) is 78.0 Å². The number of carbonyl (C=O) groups excluding carboxylic acids is 1. The summed E-state index contributed by atoms with van der Waals surface area (Å²) >= 11 is 0. The summed E-state index contributed by atoms with van der Waals surface area (Å²) in [5, 5.41) is 17.0. The summed E-state index contributed by atoms with van der Waals surface area (Å²) in [5.74, 6) is 0.919. The van der Waals surface area contributed by atoms with E-state index in [9.17, 15) is 9.90 Å². The first-order chi connectivity index (χ1) is 15.8. The predicted octanol–water partition coefficient (Wildman–Crippen LogP) is 4.19. The first-order valence-electron chi connectivity index (χ1n) is 12.5. The Kier molecular flexibility index (Phi) is 21.7. The highest BCUT2D eigenvalue weighted by atomic mass is 35.5. The number of hydrogen-bond donors (Lipinski definition) is 4. The third-order valence-corrected chi connectivity index (χ3v) is 6.27. The lowest BCUT2D eigenvalue weighted by Gasteiger charge is -2.28. The van der Waals surface area contributed by atoms with Gasteiger partial charge in [0.05, 0.1) is 18.3 Å². The Labute approximate surface area is 225 Å². The maximum atomic E-state index is 12.9. The van der Waals surface area contributed by atoms with Crippen molar-refractivity contribution in [3.63, 3.8) is 0 Å². The molecule has 0 fully saturated rings. The normalized spacial score (nSPS) is 13.5. The number of unbranched alkanes of at least 4 members (excludes halogenated alkanes) is 1. The molecule has 1 aromatic carbocycles. The molecule has 3 unspecified atom stereocenters. The van der Waals surface area contributed by atoms with Gasteiger partial charge in [0.2, 0.25) is 0 Å². The third kappa shape index (κ3) is 14.3. The van der Waals surface area contributed by atoms with Crippen LogP contribution in [0, 0.1) is 11.8 Å². The van der Waals surface area contributed by atoms with E-state index in [0.29, 0.717) is 56.0 Å². The van der Waals surface area contributed by atoms with Gasteiger partial charge in [-0.15, -0.1) is 24.8 Å². The van der Waals surface area contributed by atoms with Crippen LogP contribution in [-0.4, -0.2) is 62.6 Å². The number of ether oxygens (including phenoxy) is 2. The molecule has 0 radical (unpaired) electrons. The Balaban J connectivity index is 0. The molecule has 0 aliphatic heterocycles. The Bertz CT molecular complexity index is 663. The number of nitrogens with two attached hydrogens (primary N) is 1. The van der Waals surface area contributed by atoms with Crippen molar-refractivity contribution in [3.8, 4) is 5.75 Å². The van der Waals surface area contributed by atoms with E-state index in [1.165, 1.54) is 0 Å². The van der Waals surface area contributed by atoms with Crippen molar-refractivity contribution in [1.29, 1.82) is 0 Å². The number of nitrogens with one attached hydrogen (secondary N) is 2. The number of para-hydroxylation sites is 1. The summed E-state index contributed by atoms with van der Waals surface area (Å²) in [4.78, 5) is 12.9. The molecule has 0 saturated heterocycles. The van der Waals surface area contributed by atoms with E-state index in [1.54, 1.807) is 13.2 Å². The molecular formula is C26H49Cl2N3O4. The zero-order valence-corrected chi connectivity index (χ0v) is 23.8. The van der Waals surface area contributed by atoms with Crippen molar-refractivity contribution >= 4 is 30.7 Å². The standard InChI is InChI=1S/C26H47N3O4.2ClH/c1-6-21(7-2)28-18-24(30)23(27)16-20(19(3)4)17-29-26(31)22-12-8-9-13-25(22)33-15-11-10-14-32-5;;/h8-9,12-13,19-21,23-24,28,30H,6-7,10-11,14-18,27H2,1-5H3,(H,29,31);2*1H. The average molecular weight is 539 g/mol. The average Bonchev–Trinajstić information content (AvgIpc) is 2.81. The van der Waals surface area contributed by atoms with Gasteiger partial charge in [-0.25, -0.2) is 0 Å². The molecule has 1 rings (SSSR count). The third-order valence-electron chi connectivity index (χ3n) is 6.27. The Hall–Kier alpha value is -1.09. The van der Waals surface area contributed by atoms with Crippen LogP contribution in [0.4, 0.5) is 0 Å². The molecule has 0 aliphatic rings. The summed E-state index contributed by atoms with van der Waals surface area (Å²) in [6.45, 7) is 10.7. The summed E-state index contributed by atoms with van der Waals surface area (Å²) < 4.78 is 10.9. The first kappa shape index (κ1) is 36.1. The molecule has 0 saturated carbocycles. The molecule has 1 aromatic rings. The second-order valence-corrected chi connectivity index (χ2v) is 9.15. The quantitative estimate of drug-likeness (QED) is 0.209. The lowest BCUT2D eigenvalue weighted by molar-refractivity contribution is 0.0926. The minimum Gasteiger partial charge on any atom is -0.493 e. The number of amides is 1. The molecule has 206 valence electrons.